The van der Waals surface area contributed by atoms with E-state index in [0.29, 0.717) is 30.9 Å². The van der Waals surface area contributed by atoms with Crippen LogP contribution in [0.5, 0.6) is 5.88 Å². The lowest BCUT2D eigenvalue weighted by Crippen LogP contribution is -2.48. The number of aromatic amines is 1. The van der Waals surface area contributed by atoms with Crippen molar-refractivity contribution in [3.63, 3.8) is 0 Å². The minimum atomic E-state index is -1.32. The van der Waals surface area contributed by atoms with Gasteiger partial charge in [-0.15, -0.1) is 0 Å². The Labute approximate surface area is 187 Å². The number of piperidine rings is 1. The lowest BCUT2D eigenvalue weighted by Gasteiger charge is -2.35. The van der Waals surface area contributed by atoms with Crippen molar-refractivity contribution in [2.75, 3.05) is 13.1 Å². The lowest BCUT2D eigenvalue weighted by molar-refractivity contribution is -0.149. The predicted molar refractivity (Wildman–Crippen MR) is 121 cm³/mol. The van der Waals surface area contributed by atoms with Gasteiger partial charge in [-0.25, -0.2) is 4.98 Å². The van der Waals surface area contributed by atoms with Crippen molar-refractivity contribution in [2.24, 2.45) is 5.92 Å². The van der Waals surface area contributed by atoms with Crippen molar-refractivity contribution >= 4 is 16.9 Å². The molecule has 5 rings (SSSR count). The molecule has 3 heterocycles. The molecular weight excluding hydrogens is 406 g/mol. The number of hydrogen-bond donors (Lipinski definition) is 3. The molecule has 2 aliphatic rings. The average Bonchev–Trinajstić information content (AvgIpc) is 3.44. The van der Waals surface area contributed by atoms with Crippen LogP contribution in [0.15, 0.2) is 24.3 Å². The Bertz CT molecular complexity index is 1100. The Balaban J connectivity index is 1.30. The minimum Gasteiger partial charge on any atom is -0.493 e. The molecule has 0 spiro atoms. The molecule has 1 saturated carbocycles. The fraction of sp³-hybridized carbons (Fsp3) is 0.542. The van der Waals surface area contributed by atoms with Gasteiger partial charge in [-0.05, 0) is 70.4 Å². The summed E-state index contributed by atoms with van der Waals surface area (Å²) in [5.41, 5.74) is 2.38. The predicted octanol–water partition coefficient (Wildman–Crippen LogP) is 3.27. The highest BCUT2D eigenvalue weighted by atomic mass is 16.3. The third-order valence-electron chi connectivity index (χ3n) is 6.76. The Morgan fingerprint density at radius 1 is 1.19 bits per heavy atom. The van der Waals surface area contributed by atoms with E-state index in [0.717, 1.165) is 60.8 Å². The average molecular weight is 438 g/mol. The highest BCUT2D eigenvalue weighted by Gasteiger charge is 2.34. The number of nitrogens with one attached hydrogen (secondary N) is 1. The zero-order valence-electron chi connectivity index (χ0n) is 18.7. The van der Waals surface area contributed by atoms with Crippen molar-refractivity contribution in [3.8, 4) is 11.8 Å². The van der Waals surface area contributed by atoms with Crippen LogP contribution < -0.4 is 0 Å². The Hall–Kier alpha value is -2.87. The largest absolute Gasteiger partial charge is 0.493 e. The second-order valence-electron chi connectivity index (χ2n) is 9.78. The van der Waals surface area contributed by atoms with Gasteiger partial charge in [0.15, 0.2) is 0 Å². The molecule has 2 aromatic heterocycles. The molecule has 8 nitrogen and oxygen atoms in total. The molecule has 170 valence electrons. The van der Waals surface area contributed by atoms with E-state index in [1.807, 2.05) is 24.3 Å². The van der Waals surface area contributed by atoms with Gasteiger partial charge in [0, 0.05) is 24.6 Å². The number of rotatable bonds is 6. The summed E-state index contributed by atoms with van der Waals surface area (Å²) >= 11 is 0. The summed E-state index contributed by atoms with van der Waals surface area (Å²) < 4.78 is 1.55. The lowest BCUT2D eigenvalue weighted by atomic mass is 9.89. The first-order valence-electron chi connectivity index (χ1n) is 11.6. The molecule has 32 heavy (non-hydrogen) atoms. The Morgan fingerprint density at radius 3 is 2.56 bits per heavy atom. The van der Waals surface area contributed by atoms with Gasteiger partial charge in [0.25, 0.3) is 5.91 Å². The van der Waals surface area contributed by atoms with Crippen LogP contribution in [0, 0.1) is 5.92 Å². The van der Waals surface area contributed by atoms with Gasteiger partial charge >= 0.3 is 0 Å². The normalized spacial score (nSPS) is 17.9. The quantitative estimate of drug-likeness (QED) is 0.549. The van der Waals surface area contributed by atoms with Gasteiger partial charge in [-0.3, -0.25) is 4.79 Å². The number of aromatic hydroxyl groups is 1. The number of fused-ring (bicyclic) bond motifs is 1. The van der Waals surface area contributed by atoms with E-state index >= 15 is 0 Å². The summed E-state index contributed by atoms with van der Waals surface area (Å²) in [5, 5.41) is 25.8. The Morgan fingerprint density at radius 2 is 1.91 bits per heavy atom. The molecule has 0 unspecified atom stereocenters. The topological polar surface area (TPSA) is 107 Å². The van der Waals surface area contributed by atoms with E-state index < -0.39 is 5.60 Å². The summed E-state index contributed by atoms with van der Waals surface area (Å²) in [6.45, 7) is 4.44. The second-order valence-corrected chi connectivity index (χ2v) is 9.78. The fourth-order valence-corrected chi connectivity index (χ4v) is 4.73. The van der Waals surface area contributed by atoms with Crippen molar-refractivity contribution in [1.82, 2.24) is 24.6 Å². The van der Waals surface area contributed by atoms with Crippen molar-refractivity contribution in [2.45, 2.75) is 63.9 Å². The number of imidazole rings is 1. The maximum atomic E-state index is 12.3. The van der Waals surface area contributed by atoms with Crippen LogP contribution in [-0.2, 0) is 11.2 Å². The van der Waals surface area contributed by atoms with Gasteiger partial charge in [-0.1, -0.05) is 12.1 Å². The highest BCUT2D eigenvalue weighted by molar-refractivity contribution is 5.84. The number of nitrogens with zero attached hydrogens (tertiary/aromatic N) is 4. The summed E-state index contributed by atoms with van der Waals surface area (Å²) in [5.74, 6) is 1.43. The summed E-state index contributed by atoms with van der Waals surface area (Å²) in [6, 6.07) is 7.80. The molecule has 0 radical (unpaired) electrons. The Kier molecular flexibility index (Phi) is 5.20. The molecule has 3 N–H and O–H groups in total. The van der Waals surface area contributed by atoms with Crippen LogP contribution in [0.3, 0.4) is 0 Å². The molecule has 0 atom stereocenters. The standard InChI is InChI=1S/C24H31N5O3/c1-24(2,32)22(31)28-13-11-15(12-14-28)7-10-17-20(16-8-9-16)27-29(21(17)30)23-25-18-5-3-4-6-19(18)26-23/h3-6,15-16,30,32H,7-14H2,1-2H3,(H,25,26). The van der Waals surface area contributed by atoms with Crippen LogP contribution >= 0.6 is 0 Å². The van der Waals surface area contributed by atoms with Crippen LogP contribution in [0.25, 0.3) is 17.0 Å². The van der Waals surface area contributed by atoms with E-state index in [9.17, 15) is 15.0 Å². The van der Waals surface area contributed by atoms with Crippen LogP contribution in [0.1, 0.15) is 63.1 Å². The first-order valence-corrected chi connectivity index (χ1v) is 11.6. The molecule has 2 fully saturated rings. The summed E-state index contributed by atoms with van der Waals surface area (Å²) in [7, 11) is 0. The molecule has 0 bridgehead atoms. The number of carbonyl (C=O) groups excluding carboxylic acids is 1. The van der Waals surface area contributed by atoms with Crippen LogP contribution in [0.4, 0.5) is 0 Å². The number of aromatic nitrogens is 4. The highest BCUT2D eigenvalue weighted by Crippen LogP contribution is 2.44. The minimum absolute atomic E-state index is 0.181. The molecule has 3 aromatic rings. The third kappa shape index (κ3) is 3.99. The number of hydrogen-bond acceptors (Lipinski definition) is 5. The fourth-order valence-electron chi connectivity index (χ4n) is 4.73. The first kappa shape index (κ1) is 21.0. The van der Waals surface area contributed by atoms with Crippen molar-refractivity contribution < 1.29 is 15.0 Å². The maximum Gasteiger partial charge on any atom is 0.253 e. The van der Waals surface area contributed by atoms with Crippen LogP contribution in [-0.4, -0.2) is 59.5 Å². The maximum absolute atomic E-state index is 12.3. The first-order chi connectivity index (χ1) is 15.3. The van der Waals surface area contributed by atoms with E-state index in [1.165, 1.54) is 0 Å². The zero-order valence-corrected chi connectivity index (χ0v) is 18.7. The van der Waals surface area contributed by atoms with Gasteiger partial charge < -0.3 is 20.1 Å². The molecule has 1 saturated heterocycles. The number of carbonyl (C=O) groups is 1. The smallest absolute Gasteiger partial charge is 0.253 e. The van der Waals surface area contributed by atoms with Gasteiger partial charge in [-0.2, -0.15) is 9.78 Å². The van der Waals surface area contributed by atoms with Crippen LogP contribution in [0.2, 0.25) is 0 Å². The van der Waals surface area contributed by atoms with E-state index in [4.69, 9.17) is 5.10 Å². The molecular formula is C24H31N5O3. The number of H-pyrrole nitrogens is 1. The van der Waals surface area contributed by atoms with E-state index in [-0.39, 0.29) is 11.8 Å². The van der Waals surface area contributed by atoms with Gasteiger partial charge in [0.2, 0.25) is 11.8 Å². The monoisotopic (exact) mass is 437 g/mol. The molecule has 1 aliphatic heterocycles. The second kappa shape index (κ2) is 7.92. The molecule has 1 aliphatic carbocycles. The van der Waals surface area contributed by atoms with Gasteiger partial charge in [0.1, 0.15) is 5.60 Å². The molecule has 1 aromatic carbocycles. The van der Waals surface area contributed by atoms with Crippen molar-refractivity contribution in [3.05, 3.63) is 35.5 Å². The number of likely N-dealkylation sites (tertiary alicyclic amines) is 1. The molecule has 8 heteroatoms. The zero-order chi connectivity index (χ0) is 22.5. The van der Waals surface area contributed by atoms with Gasteiger partial charge in [0.05, 0.1) is 16.7 Å². The number of benzene rings is 1. The SMILES string of the molecule is CC(C)(O)C(=O)N1CCC(CCc2c(C3CC3)nn(-c3nc4ccccc4[nH]3)c2O)CC1. The number of aliphatic hydroxyl groups is 1. The van der Waals surface area contributed by atoms with Crippen molar-refractivity contribution in [1.29, 1.82) is 0 Å². The van der Waals surface area contributed by atoms with E-state index in [1.54, 1.807) is 23.4 Å². The number of amides is 1. The molecule has 1 amide bonds. The van der Waals surface area contributed by atoms with E-state index in [2.05, 4.69) is 9.97 Å². The third-order valence-corrected chi connectivity index (χ3v) is 6.76. The number of para-hydroxylation sites is 2. The summed E-state index contributed by atoms with van der Waals surface area (Å²) in [4.78, 5) is 21.9. The summed E-state index contributed by atoms with van der Waals surface area (Å²) in [6.07, 6.45) is 5.77.